The Hall–Kier alpha value is -2.51. The van der Waals surface area contributed by atoms with Crippen LogP contribution in [-0.4, -0.2) is 66.9 Å². The number of hydrogen-bond acceptors (Lipinski definition) is 4. The monoisotopic (exact) mass is 414 g/mol. The molecule has 2 aliphatic heterocycles. The van der Waals surface area contributed by atoms with Crippen LogP contribution in [0.4, 0.5) is 4.79 Å². The van der Waals surface area contributed by atoms with E-state index in [1.807, 2.05) is 4.90 Å². The minimum Gasteiger partial charge on any atom is -0.459 e. The van der Waals surface area contributed by atoms with Crippen molar-refractivity contribution >= 4 is 17.8 Å². The molecule has 2 N–H and O–H groups in total. The van der Waals surface area contributed by atoms with Crippen LogP contribution in [0.2, 0.25) is 0 Å². The molecule has 1 aromatic heterocycles. The van der Waals surface area contributed by atoms with Crippen LogP contribution in [-0.2, 0) is 17.6 Å². The van der Waals surface area contributed by atoms with Gasteiger partial charge in [-0.25, -0.2) is 4.79 Å². The second kappa shape index (κ2) is 7.63. The number of likely N-dealkylation sites (tertiary alicyclic amines) is 1. The summed E-state index contributed by atoms with van der Waals surface area (Å²) in [5.41, 5.74) is 2.21. The number of aryl methyl sites for hydroxylation is 1. The number of rotatable bonds is 5. The molecular formula is C22H30N4O4. The van der Waals surface area contributed by atoms with E-state index < -0.39 is 0 Å². The Kier molecular flexibility index (Phi) is 4.95. The van der Waals surface area contributed by atoms with Crippen LogP contribution in [0.3, 0.4) is 0 Å². The first-order valence-corrected chi connectivity index (χ1v) is 11.2. The van der Waals surface area contributed by atoms with Gasteiger partial charge in [0.2, 0.25) is 5.91 Å². The van der Waals surface area contributed by atoms with Gasteiger partial charge in [0.1, 0.15) is 6.54 Å². The number of fused-ring (bicyclic) bond motifs is 2. The van der Waals surface area contributed by atoms with Gasteiger partial charge in [-0.2, -0.15) is 0 Å². The van der Waals surface area contributed by atoms with Crippen LogP contribution >= 0.6 is 0 Å². The summed E-state index contributed by atoms with van der Waals surface area (Å²) in [7, 11) is 0. The lowest BCUT2D eigenvalue weighted by atomic mass is 9.80. The summed E-state index contributed by atoms with van der Waals surface area (Å²) >= 11 is 0. The number of nitrogens with one attached hydrogen (secondary N) is 2. The second-order valence-corrected chi connectivity index (χ2v) is 9.34. The lowest BCUT2D eigenvalue weighted by Crippen LogP contribution is -2.51. The lowest BCUT2D eigenvalue weighted by molar-refractivity contribution is -0.122. The van der Waals surface area contributed by atoms with E-state index in [9.17, 15) is 14.4 Å². The van der Waals surface area contributed by atoms with Gasteiger partial charge in [0.05, 0.1) is 6.26 Å². The van der Waals surface area contributed by atoms with Crippen LogP contribution in [0.1, 0.15) is 53.8 Å². The summed E-state index contributed by atoms with van der Waals surface area (Å²) in [6.07, 6.45) is 8.86. The predicted molar refractivity (Wildman–Crippen MR) is 109 cm³/mol. The zero-order valence-electron chi connectivity index (χ0n) is 17.4. The van der Waals surface area contributed by atoms with Crippen molar-refractivity contribution in [1.29, 1.82) is 0 Å². The molecule has 30 heavy (non-hydrogen) atoms. The SMILES string of the molecule is O=C(CN1CCCNC1=O)NC[C@]12CCC[C@H]1CN(C(=O)c1occ3c1CCC3)C2. The second-order valence-electron chi connectivity index (χ2n) is 9.34. The number of furan rings is 1. The molecule has 0 unspecified atom stereocenters. The van der Waals surface area contributed by atoms with Crippen molar-refractivity contribution in [2.75, 3.05) is 39.3 Å². The highest BCUT2D eigenvalue weighted by atomic mass is 16.3. The Labute approximate surface area is 176 Å². The number of amides is 4. The molecule has 4 amide bonds. The summed E-state index contributed by atoms with van der Waals surface area (Å²) < 4.78 is 5.66. The number of urea groups is 1. The van der Waals surface area contributed by atoms with Crippen LogP contribution in [0.15, 0.2) is 10.7 Å². The minimum absolute atomic E-state index is 0.00300. The molecule has 0 radical (unpaired) electrons. The molecule has 4 aliphatic rings. The zero-order chi connectivity index (χ0) is 20.7. The molecular weight excluding hydrogens is 384 g/mol. The predicted octanol–water partition coefficient (Wildman–Crippen LogP) is 1.54. The number of carbonyl (C=O) groups is 3. The molecule has 8 heteroatoms. The van der Waals surface area contributed by atoms with Gasteiger partial charge in [0.15, 0.2) is 5.76 Å². The standard InChI is InChI=1S/C22H30N4O4/c27-18(11-25-9-3-8-23-21(25)29)24-13-22-7-2-5-16(22)10-26(14-22)20(28)19-17-6-1-4-15(17)12-30-19/h12,16H,1-11,13-14H2,(H,23,29)(H,24,27)/t16-,22-/m0/s1. The summed E-state index contributed by atoms with van der Waals surface area (Å²) in [5.74, 6) is 0.810. The van der Waals surface area contributed by atoms with E-state index in [-0.39, 0.29) is 29.8 Å². The fourth-order valence-corrected chi connectivity index (χ4v) is 5.87. The molecule has 1 aromatic rings. The van der Waals surface area contributed by atoms with Gasteiger partial charge in [-0.15, -0.1) is 0 Å². The number of hydrogen-bond donors (Lipinski definition) is 2. The summed E-state index contributed by atoms with van der Waals surface area (Å²) in [5, 5.41) is 5.84. The summed E-state index contributed by atoms with van der Waals surface area (Å²) in [6, 6.07) is -0.170. The Morgan fingerprint density at radius 3 is 3.03 bits per heavy atom. The van der Waals surface area contributed by atoms with Gasteiger partial charge < -0.3 is 24.9 Å². The van der Waals surface area contributed by atoms with Crippen molar-refractivity contribution < 1.29 is 18.8 Å². The molecule has 0 bridgehead atoms. The zero-order valence-corrected chi connectivity index (χ0v) is 17.4. The molecule has 162 valence electrons. The first-order valence-electron chi connectivity index (χ1n) is 11.2. The van der Waals surface area contributed by atoms with Crippen LogP contribution < -0.4 is 10.6 Å². The van der Waals surface area contributed by atoms with Crippen molar-refractivity contribution in [3.05, 3.63) is 23.2 Å². The largest absolute Gasteiger partial charge is 0.459 e. The Morgan fingerprint density at radius 2 is 2.17 bits per heavy atom. The Balaban J connectivity index is 1.22. The fourth-order valence-electron chi connectivity index (χ4n) is 5.87. The van der Waals surface area contributed by atoms with E-state index in [1.165, 1.54) is 5.56 Å². The molecule has 3 fully saturated rings. The van der Waals surface area contributed by atoms with Crippen molar-refractivity contribution in [2.24, 2.45) is 11.3 Å². The van der Waals surface area contributed by atoms with E-state index in [0.717, 1.165) is 57.1 Å². The third kappa shape index (κ3) is 3.36. The smallest absolute Gasteiger partial charge is 0.317 e. The maximum absolute atomic E-state index is 13.2. The van der Waals surface area contributed by atoms with Gasteiger partial charge in [-0.1, -0.05) is 6.42 Å². The Bertz CT molecular complexity index is 865. The molecule has 8 nitrogen and oxygen atoms in total. The van der Waals surface area contributed by atoms with E-state index in [0.29, 0.717) is 37.9 Å². The van der Waals surface area contributed by atoms with Crippen molar-refractivity contribution in [3.8, 4) is 0 Å². The van der Waals surface area contributed by atoms with Crippen molar-refractivity contribution in [1.82, 2.24) is 20.4 Å². The third-order valence-electron chi connectivity index (χ3n) is 7.52. The first-order chi connectivity index (χ1) is 14.6. The van der Waals surface area contributed by atoms with Crippen LogP contribution in [0.25, 0.3) is 0 Å². The van der Waals surface area contributed by atoms with Gasteiger partial charge in [-0.3, -0.25) is 9.59 Å². The highest BCUT2D eigenvalue weighted by molar-refractivity contribution is 5.93. The normalized spacial score (nSPS) is 27.7. The molecule has 5 rings (SSSR count). The molecule has 3 heterocycles. The fraction of sp³-hybridized carbons (Fsp3) is 0.682. The number of nitrogens with zero attached hydrogens (tertiary/aromatic N) is 2. The number of carbonyl (C=O) groups excluding carboxylic acids is 3. The van der Waals surface area contributed by atoms with E-state index in [4.69, 9.17) is 4.42 Å². The van der Waals surface area contributed by atoms with Crippen LogP contribution in [0.5, 0.6) is 0 Å². The quantitative estimate of drug-likeness (QED) is 0.764. The molecule has 1 saturated carbocycles. The third-order valence-corrected chi connectivity index (χ3v) is 7.52. The van der Waals surface area contributed by atoms with Gasteiger partial charge in [0.25, 0.3) is 5.91 Å². The van der Waals surface area contributed by atoms with E-state index in [2.05, 4.69) is 10.6 Å². The average Bonchev–Trinajstić information content (AvgIpc) is 3.47. The lowest BCUT2D eigenvalue weighted by Gasteiger charge is -2.30. The minimum atomic E-state index is -0.170. The molecule has 2 aliphatic carbocycles. The van der Waals surface area contributed by atoms with Gasteiger partial charge >= 0.3 is 6.03 Å². The van der Waals surface area contributed by atoms with E-state index in [1.54, 1.807) is 11.2 Å². The maximum Gasteiger partial charge on any atom is 0.317 e. The molecule has 0 aromatic carbocycles. The average molecular weight is 415 g/mol. The molecule has 0 spiro atoms. The first kappa shape index (κ1) is 19.5. The topological polar surface area (TPSA) is 94.9 Å². The van der Waals surface area contributed by atoms with E-state index >= 15 is 0 Å². The maximum atomic E-state index is 13.2. The Morgan fingerprint density at radius 1 is 1.27 bits per heavy atom. The van der Waals surface area contributed by atoms with Crippen molar-refractivity contribution in [3.63, 3.8) is 0 Å². The van der Waals surface area contributed by atoms with Crippen LogP contribution in [0, 0.1) is 11.3 Å². The van der Waals surface area contributed by atoms with Gasteiger partial charge in [-0.05, 0) is 50.0 Å². The highest BCUT2D eigenvalue weighted by Crippen LogP contribution is 2.48. The van der Waals surface area contributed by atoms with Gasteiger partial charge in [0, 0.05) is 43.7 Å². The summed E-state index contributed by atoms with van der Waals surface area (Å²) in [4.78, 5) is 41.0. The van der Waals surface area contributed by atoms with Crippen molar-refractivity contribution in [2.45, 2.75) is 44.9 Å². The molecule has 2 atom stereocenters. The highest BCUT2D eigenvalue weighted by Gasteiger charge is 2.51. The molecule has 2 saturated heterocycles. The summed E-state index contributed by atoms with van der Waals surface area (Å²) in [6.45, 7) is 3.34.